The number of carbonyl (C=O) groups excluding carboxylic acids is 2. The Hall–Kier alpha value is -2.88. The van der Waals surface area contributed by atoms with Gasteiger partial charge in [-0.2, -0.15) is 0 Å². The molecule has 0 bridgehead atoms. The van der Waals surface area contributed by atoms with Gasteiger partial charge in [0.15, 0.2) is 6.61 Å². The molecule has 0 aliphatic rings. The molecule has 4 nitrogen and oxygen atoms in total. The lowest BCUT2D eigenvalue weighted by Crippen LogP contribution is -2.30. The predicted molar refractivity (Wildman–Crippen MR) is 98.8 cm³/mol. The molecule has 0 aliphatic heterocycles. The van der Waals surface area contributed by atoms with E-state index in [0.29, 0.717) is 6.54 Å². The fourth-order valence-corrected chi connectivity index (χ4v) is 2.26. The first kappa shape index (κ1) is 18.5. The molecule has 0 atom stereocenters. The van der Waals surface area contributed by atoms with Crippen LogP contribution in [0.5, 0.6) is 0 Å². The molecule has 0 aliphatic carbocycles. The Bertz CT molecular complexity index is 763. The SMILES string of the molecule is Cc1ccc(/C=C/C(=O)OCC(=O)N(C)Cc2ccccc2C)cc1. The summed E-state index contributed by atoms with van der Waals surface area (Å²) in [4.78, 5) is 25.4. The molecule has 25 heavy (non-hydrogen) atoms. The summed E-state index contributed by atoms with van der Waals surface area (Å²) < 4.78 is 5.02. The van der Waals surface area contributed by atoms with Crippen LogP contribution < -0.4 is 0 Å². The Morgan fingerprint density at radius 3 is 2.40 bits per heavy atom. The Labute approximate surface area is 148 Å². The maximum atomic E-state index is 12.1. The number of aryl methyl sites for hydroxylation is 2. The quantitative estimate of drug-likeness (QED) is 0.598. The van der Waals surface area contributed by atoms with E-state index in [4.69, 9.17) is 4.74 Å². The lowest BCUT2D eigenvalue weighted by molar-refractivity contribution is -0.147. The van der Waals surface area contributed by atoms with Crippen molar-refractivity contribution in [2.24, 2.45) is 0 Å². The third-order valence-corrected chi connectivity index (χ3v) is 3.92. The van der Waals surface area contributed by atoms with Crippen LogP contribution in [0.1, 0.15) is 22.3 Å². The molecule has 0 spiro atoms. The van der Waals surface area contributed by atoms with Crippen LogP contribution in [0, 0.1) is 13.8 Å². The number of ether oxygens (including phenoxy) is 1. The van der Waals surface area contributed by atoms with Gasteiger partial charge in [-0.05, 0) is 36.6 Å². The minimum absolute atomic E-state index is 0.236. The normalized spacial score (nSPS) is 10.7. The lowest BCUT2D eigenvalue weighted by Gasteiger charge is -2.18. The van der Waals surface area contributed by atoms with Gasteiger partial charge in [0, 0.05) is 19.7 Å². The number of benzene rings is 2. The van der Waals surface area contributed by atoms with E-state index in [0.717, 1.165) is 22.3 Å². The minimum atomic E-state index is -0.529. The molecule has 0 saturated heterocycles. The first-order chi connectivity index (χ1) is 12.0. The summed E-state index contributed by atoms with van der Waals surface area (Å²) in [5.41, 5.74) is 4.26. The van der Waals surface area contributed by atoms with Crippen molar-refractivity contribution < 1.29 is 14.3 Å². The van der Waals surface area contributed by atoms with Crippen LogP contribution in [0.2, 0.25) is 0 Å². The average Bonchev–Trinajstić information content (AvgIpc) is 2.61. The van der Waals surface area contributed by atoms with E-state index in [1.165, 1.54) is 6.08 Å². The van der Waals surface area contributed by atoms with Crippen molar-refractivity contribution in [1.82, 2.24) is 4.90 Å². The van der Waals surface area contributed by atoms with Gasteiger partial charge in [0.05, 0.1) is 0 Å². The number of esters is 1. The van der Waals surface area contributed by atoms with Gasteiger partial charge in [-0.15, -0.1) is 0 Å². The molecule has 1 amide bonds. The first-order valence-electron chi connectivity index (χ1n) is 8.15. The third kappa shape index (κ3) is 5.92. The Kier molecular flexibility index (Phi) is 6.52. The van der Waals surface area contributed by atoms with Crippen LogP contribution in [0.3, 0.4) is 0 Å². The molecule has 130 valence electrons. The second kappa shape index (κ2) is 8.83. The monoisotopic (exact) mass is 337 g/mol. The van der Waals surface area contributed by atoms with E-state index in [1.807, 2.05) is 62.4 Å². The van der Waals surface area contributed by atoms with Gasteiger partial charge in [0.2, 0.25) is 0 Å². The highest BCUT2D eigenvalue weighted by Gasteiger charge is 2.12. The fourth-order valence-electron chi connectivity index (χ4n) is 2.26. The van der Waals surface area contributed by atoms with Gasteiger partial charge in [-0.3, -0.25) is 4.79 Å². The van der Waals surface area contributed by atoms with Crippen LogP contribution in [-0.2, 0) is 20.9 Å². The molecule has 4 heteroatoms. The van der Waals surface area contributed by atoms with E-state index in [1.54, 1.807) is 18.0 Å². The van der Waals surface area contributed by atoms with Gasteiger partial charge < -0.3 is 9.64 Å². The summed E-state index contributed by atoms with van der Waals surface area (Å²) in [6.45, 7) is 4.23. The number of likely N-dealkylation sites (N-methyl/N-ethyl adjacent to an activating group) is 1. The molecule has 0 aromatic heterocycles. The molecule has 2 aromatic rings. The van der Waals surface area contributed by atoms with Gasteiger partial charge in [-0.1, -0.05) is 54.1 Å². The van der Waals surface area contributed by atoms with E-state index >= 15 is 0 Å². The van der Waals surface area contributed by atoms with E-state index in [-0.39, 0.29) is 12.5 Å². The summed E-state index contributed by atoms with van der Waals surface area (Å²) in [7, 11) is 1.70. The molecule has 2 aromatic carbocycles. The Morgan fingerprint density at radius 2 is 1.72 bits per heavy atom. The zero-order valence-electron chi connectivity index (χ0n) is 14.9. The highest BCUT2D eigenvalue weighted by atomic mass is 16.5. The summed E-state index contributed by atoms with van der Waals surface area (Å²) in [6, 6.07) is 15.7. The molecule has 0 N–H and O–H groups in total. The van der Waals surface area contributed by atoms with Crippen molar-refractivity contribution in [3.05, 3.63) is 76.9 Å². The van der Waals surface area contributed by atoms with E-state index < -0.39 is 5.97 Å². The standard InChI is InChI=1S/C21H23NO3/c1-16-8-10-18(11-9-16)12-13-21(24)25-15-20(23)22(3)14-19-7-5-4-6-17(19)2/h4-13H,14-15H2,1-3H3/b13-12+. The number of carbonyl (C=O) groups is 2. The number of nitrogens with zero attached hydrogens (tertiary/aromatic N) is 1. The molecule has 0 fully saturated rings. The highest BCUT2D eigenvalue weighted by Crippen LogP contribution is 2.09. The summed E-state index contributed by atoms with van der Waals surface area (Å²) >= 11 is 0. The number of rotatable bonds is 6. The summed E-state index contributed by atoms with van der Waals surface area (Å²) in [5.74, 6) is -0.765. The molecule has 0 heterocycles. The van der Waals surface area contributed by atoms with Crippen LogP contribution in [0.25, 0.3) is 6.08 Å². The lowest BCUT2D eigenvalue weighted by atomic mass is 10.1. The zero-order valence-corrected chi connectivity index (χ0v) is 14.9. The fraction of sp³-hybridized carbons (Fsp3) is 0.238. The molecular weight excluding hydrogens is 314 g/mol. The van der Waals surface area contributed by atoms with Gasteiger partial charge in [-0.25, -0.2) is 4.79 Å². The second-order valence-electron chi connectivity index (χ2n) is 6.03. The number of amides is 1. The number of hydrogen-bond acceptors (Lipinski definition) is 3. The van der Waals surface area contributed by atoms with Gasteiger partial charge in [0.1, 0.15) is 0 Å². The van der Waals surface area contributed by atoms with E-state index in [2.05, 4.69) is 0 Å². The topological polar surface area (TPSA) is 46.6 Å². The molecule has 0 unspecified atom stereocenters. The zero-order chi connectivity index (χ0) is 18.2. The van der Waals surface area contributed by atoms with Crippen molar-refractivity contribution in [1.29, 1.82) is 0 Å². The molecule has 0 saturated carbocycles. The van der Waals surface area contributed by atoms with Crippen LogP contribution >= 0.6 is 0 Å². The highest BCUT2D eigenvalue weighted by molar-refractivity contribution is 5.89. The van der Waals surface area contributed by atoms with Crippen molar-refractivity contribution >= 4 is 18.0 Å². The van der Waals surface area contributed by atoms with Crippen LogP contribution in [0.15, 0.2) is 54.6 Å². The van der Waals surface area contributed by atoms with Crippen molar-refractivity contribution in [3.63, 3.8) is 0 Å². The second-order valence-corrected chi connectivity index (χ2v) is 6.03. The van der Waals surface area contributed by atoms with Gasteiger partial charge >= 0.3 is 5.97 Å². The maximum absolute atomic E-state index is 12.1. The average molecular weight is 337 g/mol. The van der Waals surface area contributed by atoms with Crippen molar-refractivity contribution in [2.75, 3.05) is 13.7 Å². The van der Waals surface area contributed by atoms with Crippen LogP contribution in [-0.4, -0.2) is 30.4 Å². The van der Waals surface area contributed by atoms with E-state index in [9.17, 15) is 9.59 Å². The Morgan fingerprint density at radius 1 is 1.04 bits per heavy atom. The smallest absolute Gasteiger partial charge is 0.331 e. The Balaban J connectivity index is 1.81. The largest absolute Gasteiger partial charge is 0.452 e. The minimum Gasteiger partial charge on any atom is -0.452 e. The van der Waals surface area contributed by atoms with Crippen LogP contribution in [0.4, 0.5) is 0 Å². The third-order valence-electron chi connectivity index (χ3n) is 3.92. The van der Waals surface area contributed by atoms with Crippen molar-refractivity contribution in [3.8, 4) is 0 Å². The molecule has 0 radical (unpaired) electrons. The maximum Gasteiger partial charge on any atom is 0.331 e. The predicted octanol–water partition coefficient (Wildman–Crippen LogP) is 3.52. The number of hydrogen-bond donors (Lipinski definition) is 0. The molecule has 2 rings (SSSR count). The van der Waals surface area contributed by atoms with Gasteiger partial charge in [0.25, 0.3) is 5.91 Å². The summed E-state index contributed by atoms with van der Waals surface area (Å²) in [6.07, 6.45) is 3.00. The van der Waals surface area contributed by atoms with Crippen molar-refractivity contribution in [2.45, 2.75) is 20.4 Å². The summed E-state index contributed by atoms with van der Waals surface area (Å²) in [5, 5.41) is 0. The molecular formula is C21H23NO3. The first-order valence-corrected chi connectivity index (χ1v) is 8.15.